The summed E-state index contributed by atoms with van der Waals surface area (Å²) in [7, 11) is 0. The van der Waals surface area contributed by atoms with Crippen LogP contribution in [0.5, 0.6) is 11.5 Å². The van der Waals surface area contributed by atoms with Crippen molar-refractivity contribution in [2.75, 3.05) is 12.1 Å². The molecule has 0 fully saturated rings. The number of carbonyl (C=O) groups excluding carboxylic acids is 2. The molecule has 2 aliphatic rings. The summed E-state index contributed by atoms with van der Waals surface area (Å²) in [5.41, 5.74) is 3.66. The van der Waals surface area contributed by atoms with Gasteiger partial charge in [0.2, 0.25) is 12.7 Å². The van der Waals surface area contributed by atoms with Crippen molar-refractivity contribution in [3.63, 3.8) is 0 Å². The van der Waals surface area contributed by atoms with Gasteiger partial charge in [0.1, 0.15) is 5.78 Å². The number of ether oxygens (including phenoxy) is 2. The molecule has 2 aromatic carbocycles. The molecule has 2 heterocycles. The number of Topliss-reactive ketones (excluding diaryl/α,β-unsaturated/α-hetero) is 1. The molecule has 0 radical (unpaired) electrons. The molecule has 0 spiro atoms. The first kappa shape index (κ1) is 13.8. The van der Waals surface area contributed by atoms with E-state index in [4.69, 9.17) is 9.47 Å². The summed E-state index contributed by atoms with van der Waals surface area (Å²) < 4.78 is 10.6. The third-order valence-electron chi connectivity index (χ3n) is 4.03. The number of carbonyl (C=O) groups is 2. The highest BCUT2D eigenvalue weighted by Crippen LogP contribution is 2.32. The van der Waals surface area contributed by atoms with E-state index in [1.54, 1.807) is 0 Å². The number of hydrogen-bond acceptors (Lipinski definition) is 4. The van der Waals surface area contributed by atoms with Gasteiger partial charge < -0.3 is 14.8 Å². The minimum atomic E-state index is 0.00355. The first-order valence-corrected chi connectivity index (χ1v) is 7.49. The van der Waals surface area contributed by atoms with Gasteiger partial charge in [-0.3, -0.25) is 9.59 Å². The molecule has 2 aliphatic heterocycles. The second kappa shape index (κ2) is 5.43. The second-order valence-corrected chi connectivity index (χ2v) is 5.80. The summed E-state index contributed by atoms with van der Waals surface area (Å²) in [6.07, 6.45) is 1.10. The fraction of sp³-hybridized carbons (Fsp3) is 0.222. The van der Waals surface area contributed by atoms with Gasteiger partial charge in [0.15, 0.2) is 11.5 Å². The largest absolute Gasteiger partial charge is 0.454 e. The van der Waals surface area contributed by atoms with Gasteiger partial charge in [-0.2, -0.15) is 0 Å². The molecule has 0 unspecified atom stereocenters. The predicted octanol–water partition coefficient (Wildman–Crippen LogP) is 2.26. The van der Waals surface area contributed by atoms with Crippen molar-refractivity contribution in [2.45, 2.75) is 19.3 Å². The molecule has 0 aliphatic carbocycles. The highest BCUT2D eigenvalue weighted by atomic mass is 16.7. The maximum Gasteiger partial charge on any atom is 0.231 e. The maximum atomic E-state index is 12.3. The van der Waals surface area contributed by atoms with Crippen molar-refractivity contribution in [1.29, 1.82) is 0 Å². The molecule has 1 N–H and O–H groups in total. The smallest absolute Gasteiger partial charge is 0.231 e. The zero-order valence-corrected chi connectivity index (χ0v) is 12.4. The van der Waals surface area contributed by atoms with Gasteiger partial charge in [0.05, 0.1) is 6.42 Å². The SMILES string of the molecule is O=C(Cc1ccc2c(c1)CC(=O)N2)Cc1ccc2c(c1)OCO2. The van der Waals surface area contributed by atoms with Crippen LogP contribution in [-0.2, 0) is 28.9 Å². The van der Waals surface area contributed by atoms with Crippen molar-refractivity contribution in [1.82, 2.24) is 0 Å². The summed E-state index contributed by atoms with van der Waals surface area (Å²) >= 11 is 0. The lowest BCUT2D eigenvalue weighted by atomic mass is 10.00. The molecule has 0 atom stereocenters. The lowest BCUT2D eigenvalue weighted by Crippen LogP contribution is -2.06. The first-order chi connectivity index (χ1) is 11.2. The maximum absolute atomic E-state index is 12.3. The zero-order chi connectivity index (χ0) is 15.8. The van der Waals surface area contributed by atoms with Crippen molar-refractivity contribution in [3.8, 4) is 11.5 Å². The molecule has 1 amide bonds. The Labute approximate surface area is 133 Å². The van der Waals surface area contributed by atoms with E-state index in [9.17, 15) is 9.59 Å². The number of fused-ring (bicyclic) bond motifs is 2. The quantitative estimate of drug-likeness (QED) is 0.941. The molecule has 5 heteroatoms. The normalized spacial score (nSPS) is 14.5. The number of nitrogens with one attached hydrogen (secondary N) is 1. The zero-order valence-electron chi connectivity index (χ0n) is 12.4. The Balaban J connectivity index is 1.44. The Morgan fingerprint density at radius 2 is 1.74 bits per heavy atom. The molecule has 4 rings (SSSR count). The highest BCUT2D eigenvalue weighted by molar-refractivity contribution is 5.99. The monoisotopic (exact) mass is 309 g/mol. The van der Waals surface area contributed by atoms with Crippen LogP contribution in [0, 0.1) is 0 Å². The van der Waals surface area contributed by atoms with Crippen LogP contribution in [-0.4, -0.2) is 18.5 Å². The standard InChI is InChI=1S/C18H15NO4/c20-14(7-12-2-4-16-17(8-12)23-10-22-16)6-11-1-3-15-13(5-11)9-18(21)19-15/h1-5,8H,6-7,9-10H2,(H,19,21). The molecule has 0 bridgehead atoms. The fourth-order valence-corrected chi connectivity index (χ4v) is 2.96. The predicted molar refractivity (Wildman–Crippen MR) is 83.8 cm³/mol. The number of benzene rings is 2. The summed E-state index contributed by atoms with van der Waals surface area (Å²) in [5, 5.41) is 2.79. The van der Waals surface area contributed by atoms with E-state index < -0.39 is 0 Å². The van der Waals surface area contributed by atoms with Crippen LogP contribution in [0.1, 0.15) is 16.7 Å². The number of amides is 1. The van der Waals surface area contributed by atoms with Gasteiger partial charge in [-0.05, 0) is 34.9 Å². The minimum Gasteiger partial charge on any atom is -0.454 e. The van der Waals surface area contributed by atoms with E-state index in [-0.39, 0.29) is 18.5 Å². The summed E-state index contributed by atoms with van der Waals surface area (Å²) in [4.78, 5) is 23.7. The molecule has 23 heavy (non-hydrogen) atoms. The lowest BCUT2D eigenvalue weighted by Gasteiger charge is -2.05. The van der Waals surface area contributed by atoms with Crippen molar-refractivity contribution in [3.05, 3.63) is 53.1 Å². The Morgan fingerprint density at radius 1 is 1.00 bits per heavy atom. The molecule has 0 saturated heterocycles. The van der Waals surface area contributed by atoms with Gasteiger partial charge >= 0.3 is 0 Å². The summed E-state index contributed by atoms with van der Waals surface area (Å²) in [5.74, 6) is 1.54. The van der Waals surface area contributed by atoms with Crippen LogP contribution in [0.3, 0.4) is 0 Å². The van der Waals surface area contributed by atoms with Crippen LogP contribution < -0.4 is 14.8 Å². The number of anilines is 1. The Kier molecular flexibility index (Phi) is 3.26. The average Bonchev–Trinajstić information content (AvgIpc) is 3.11. The molecule has 116 valence electrons. The summed E-state index contributed by atoms with van der Waals surface area (Å²) in [6, 6.07) is 11.3. The van der Waals surface area contributed by atoms with E-state index in [0.29, 0.717) is 25.0 Å². The van der Waals surface area contributed by atoms with Crippen LogP contribution in [0.25, 0.3) is 0 Å². The van der Waals surface area contributed by atoms with E-state index in [1.807, 2.05) is 36.4 Å². The first-order valence-electron chi connectivity index (χ1n) is 7.49. The lowest BCUT2D eigenvalue weighted by molar-refractivity contribution is -0.118. The van der Waals surface area contributed by atoms with Crippen LogP contribution in [0.15, 0.2) is 36.4 Å². The second-order valence-electron chi connectivity index (χ2n) is 5.80. The Hall–Kier alpha value is -2.82. The van der Waals surface area contributed by atoms with Gasteiger partial charge in [0, 0.05) is 18.5 Å². The molecule has 0 aromatic heterocycles. The third-order valence-corrected chi connectivity index (χ3v) is 4.03. The van der Waals surface area contributed by atoms with Crippen molar-refractivity contribution < 1.29 is 19.1 Å². The van der Waals surface area contributed by atoms with E-state index in [0.717, 1.165) is 28.1 Å². The number of ketones is 1. The fourth-order valence-electron chi connectivity index (χ4n) is 2.96. The Bertz CT molecular complexity index is 813. The third kappa shape index (κ3) is 2.77. The summed E-state index contributed by atoms with van der Waals surface area (Å²) in [6.45, 7) is 0.231. The van der Waals surface area contributed by atoms with Crippen LogP contribution in [0.4, 0.5) is 5.69 Å². The molecular formula is C18H15NO4. The minimum absolute atomic E-state index is 0.00355. The van der Waals surface area contributed by atoms with E-state index >= 15 is 0 Å². The molecule has 5 nitrogen and oxygen atoms in total. The van der Waals surface area contributed by atoms with Crippen LogP contribution in [0.2, 0.25) is 0 Å². The molecule has 2 aromatic rings. The number of hydrogen-bond donors (Lipinski definition) is 1. The van der Waals surface area contributed by atoms with Crippen molar-refractivity contribution >= 4 is 17.4 Å². The van der Waals surface area contributed by atoms with Gasteiger partial charge in [0.25, 0.3) is 0 Å². The van der Waals surface area contributed by atoms with Crippen molar-refractivity contribution in [2.24, 2.45) is 0 Å². The highest BCUT2D eigenvalue weighted by Gasteiger charge is 2.18. The Morgan fingerprint density at radius 3 is 2.61 bits per heavy atom. The molecular weight excluding hydrogens is 294 g/mol. The molecule has 0 saturated carbocycles. The van der Waals surface area contributed by atoms with Gasteiger partial charge in [-0.25, -0.2) is 0 Å². The van der Waals surface area contributed by atoms with Crippen LogP contribution >= 0.6 is 0 Å². The van der Waals surface area contributed by atoms with Gasteiger partial charge in [-0.1, -0.05) is 18.2 Å². The van der Waals surface area contributed by atoms with Gasteiger partial charge in [-0.15, -0.1) is 0 Å². The van der Waals surface area contributed by atoms with E-state index in [2.05, 4.69) is 5.32 Å². The van der Waals surface area contributed by atoms with E-state index in [1.165, 1.54) is 0 Å². The number of rotatable bonds is 4. The average molecular weight is 309 g/mol. The topological polar surface area (TPSA) is 64.6 Å².